The van der Waals surface area contributed by atoms with Crippen LogP contribution in [-0.4, -0.2) is 53.8 Å². The zero-order valence-electron chi connectivity index (χ0n) is 15.8. The molecule has 2 aliphatic heterocycles. The maximum atomic E-state index is 12.8. The van der Waals surface area contributed by atoms with Crippen LogP contribution in [0.25, 0.3) is 0 Å². The molecule has 27 heavy (non-hydrogen) atoms. The van der Waals surface area contributed by atoms with E-state index in [9.17, 15) is 14.9 Å². The van der Waals surface area contributed by atoms with Crippen LogP contribution in [0.5, 0.6) is 0 Å². The standard InChI is InChI=1S/C21H26N4O2/c1-15(26)24-9-2-10-25(12-11-24)17-5-7-21(8-6-17)18-13-16(14-22)3-4-19(18)23-20(21)27/h3-4,13,17H,2,5-12H2,1H3,(H,23,27). The second-order valence-corrected chi connectivity index (χ2v) is 8.04. The van der Waals surface area contributed by atoms with E-state index in [1.165, 1.54) is 0 Å². The zero-order valence-corrected chi connectivity index (χ0v) is 15.8. The van der Waals surface area contributed by atoms with Crippen molar-refractivity contribution in [2.24, 2.45) is 0 Å². The Morgan fingerprint density at radius 2 is 2.00 bits per heavy atom. The summed E-state index contributed by atoms with van der Waals surface area (Å²) in [5, 5.41) is 12.3. The number of benzene rings is 1. The molecule has 2 heterocycles. The molecule has 1 aliphatic carbocycles. The first-order valence-corrected chi connectivity index (χ1v) is 9.89. The summed E-state index contributed by atoms with van der Waals surface area (Å²) >= 11 is 0. The first-order valence-electron chi connectivity index (χ1n) is 9.89. The number of carbonyl (C=O) groups excluding carboxylic acids is 2. The van der Waals surface area contributed by atoms with E-state index in [0.29, 0.717) is 11.6 Å². The fourth-order valence-electron chi connectivity index (χ4n) is 5.06. The van der Waals surface area contributed by atoms with Crippen molar-refractivity contribution in [3.63, 3.8) is 0 Å². The van der Waals surface area contributed by atoms with Crippen LogP contribution in [0.15, 0.2) is 18.2 Å². The topological polar surface area (TPSA) is 76.4 Å². The highest BCUT2D eigenvalue weighted by Crippen LogP contribution is 2.48. The third kappa shape index (κ3) is 3.10. The van der Waals surface area contributed by atoms with E-state index in [1.807, 2.05) is 17.0 Å². The maximum absolute atomic E-state index is 12.8. The van der Waals surface area contributed by atoms with Crippen LogP contribution < -0.4 is 5.32 Å². The van der Waals surface area contributed by atoms with Gasteiger partial charge in [-0.2, -0.15) is 5.26 Å². The van der Waals surface area contributed by atoms with Crippen molar-refractivity contribution in [3.05, 3.63) is 29.3 Å². The Morgan fingerprint density at radius 1 is 1.22 bits per heavy atom. The van der Waals surface area contributed by atoms with Crippen LogP contribution in [0.3, 0.4) is 0 Å². The van der Waals surface area contributed by atoms with Crippen LogP contribution >= 0.6 is 0 Å². The SMILES string of the molecule is CC(=O)N1CCCN(C2CCC3(CC2)C(=O)Nc2ccc(C#N)cc23)CC1. The van der Waals surface area contributed by atoms with Crippen LogP contribution in [0.1, 0.15) is 50.2 Å². The maximum Gasteiger partial charge on any atom is 0.235 e. The summed E-state index contributed by atoms with van der Waals surface area (Å²) in [5.41, 5.74) is 2.01. The molecule has 4 rings (SSSR count). The molecular formula is C21H26N4O2. The van der Waals surface area contributed by atoms with Gasteiger partial charge in [-0.05, 0) is 55.9 Å². The number of rotatable bonds is 1. The summed E-state index contributed by atoms with van der Waals surface area (Å²) in [6.45, 7) is 5.22. The highest BCUT2D eigenvalue weighted by Gasteiger charge is 2.49. The Morgan fingerprint density at radius 3 is 2.70 bits per heavy atom. The van der Waals surface area contributed by atoms with E-state index in [0.717, 1.165) is 69.5 Å². The Balaban J connectivity index is 1.47. The van der Waals surface area contributed by atoms with Crippen molar-refractivity contribution in [2.45, 2.75) is 50.5 Å². The van der Waals surface area contributed by atoms with E-state index in [-0.39, 0.29) is 11.8 Å². The molecule has 0 radical (unpaired) electrons. The molecule has 1 spiro atoms. The predicted molar refractivity (Wildman–Crippen MR) is 102 cm³/mol. The largest absolute Gasteiger partial charge is 0.342 e. The lowest BCUT2D eigenvalue weighted by molar-refractivity contribution is -0.128. The van der Waals surface area contributed by atoms with Crippen molar-refractivity contribution < 1.29 is 9.59 Å². The van der Waals surface area contributed by atoms with Crippen LogP contribution in [0.2, 0.25) is 0 Å². The minimum atomic E-state index is -0.476. The summed E-state index contributed by atoms with van der Waals surface area (Å²) in [4.78, 5) is 28.9. The first kappa shape index (κ1) is 18.0. The number of nitrogens with one attached hydrogen (secondary N) is 1. The van der Waals surface area contributed by atoms with Gasteiger partial charge in [0.25, 0.3) is 0 Å². The molecule has 1 aromatic rings. The highest BCUT2D eigenvalue weighted by molar-refractivity contribution is 6.06. The molecule has 6 heteroatoms. The van der Waals surface area contributed by atoms with Gasteiger partial charge in [-0.3, -0.25) is 14.5 Å². The van der Waals surface area contributed by atoms with E-state index in [4.69, 9.17) is 0 Å². The fourth-order valence-corrected chi connectivity index (χ4v) is 5.06. The van der Waals surface area contributed by atoms with Crippen LogP contribution in [0, 0.1) is 11.3 Å². The second kappa shape index (κ2) is 6.97. The molecule has 2 amide bonds. The molecule has 1 N–H and O–H groups in total. The van der Waals surface area contributed by atoms with Gasteiger partial charge in [-0.25, -0.2) is 0 Å². The van der Waals surface area contributed by atoms with Gasteiger partial charge in [-0.1, -0.05) is 0 Å². The number of hydrogen-bond acceptors (Lipinski definition) is 4. The fraction of sp³-hybridized carbons (Fsp3) is 0.571. The summed E-state index contributed by atoms with van der Waals surface area (Å²) in [6.07, 6.45) is 4.60. The Labute approximate surface area is 160 Å². The molecule has 2 fully saturated rings. The first-order chi connectivity index (χ1) is 13.0. The lowest BCUT2D eigenvalue weighted by Crippen LogP contribution is -2.46. The lowest BCUT2D eigenvalue weighted by atomic mass is 9.68. The molecule has 0 aromatic heterocycles. The number of fused-ring (bicyclic) bond motifs is 2. The number of amides is 2. The number of nitriles is 1. The van der Waals surface area contributed by atoms with Crippen molar-refractivity contribution in [2.75, 3.05) is 31.5 Å². The smallest absolute Gasteiger partial charge is 0.235 e. The summed E-state index contributed by atoms with van der Waals surface area (Å²) in [6, 6.07) is 8.18. The predicted octanol–water partition coefficient (Wildman–Crippen LogP) is 2.24. The molecule has 1 aromatic carbocycles. The third-order valence-corrected chi connectivity index (χ3v) is 6.65. The van der Waals surface area contributed by atoms with Gasteiger partial charge in [0.15, 0.2) is 0 Å². The van der Waals surface area contributed by atoms with E-state index >= 15 is 0 Å². The molecule has 142 valence electrons. The van der Waals surface area contributed by atoms with Crippen LogP contribution in [-0.2, 0) is 15.0 Å². The average Bonchev–Trinajstić information content (AvgIpc) is 2.84. The van der Waals surface area contributed by atoms with Gasteiger partial charge >= 0.3 is 0 Å². The van der Waals surface area contributed by atoms with E-state index in [2.05, 4.69) is 16.3 Å². The van der Waals surface area contributed by atoms with Gasteiger partial charge in [0.2, 0.25) is 11.8 Å². The number of anilines is 1. The Bertz CT molecular complexity index is 805. The summed E-state index contributed by atoms with van der Waals surface area (Å²) in [5.74, 6) is 0.247. The third-order valence-electron chi connectivity index (χ3n) is 6.65. The van der Waals surface area contributed by atoms with Crippen molar-refractivity contribution in [3.8, 4) is 6.07 Å². The van der Waals surface area contributed by atoms with Crippen molar-refractivity contribution in [1.82, 2.24) is 9.80 Å². The molecule has 1 saturated heterocycles. The molecule has 0 bridgehead atoms. The minimum Gasteiger partial charge on any atom is -0.342 e. The normalized spacial score (nSPS) is 28.4. The number of carbonyl (C=O) groups is 2. The monoisotopic (exact) mass is 366 g/mol. The quantitative estimate of drug-likeness (QED) is 0.827. The Kier molecular flexibility index (Phi) is 4.65. The highest BCUT2D eigenvalue weighted by atomic mass is 16.2. The van der Waals surface area contributed by atoms with Gasteiger partial charge < -0.3 is 10.2 Å². The summed E-state index contributed by atoms with van der Waals surface area (Å²) < 4.78 is 0. The van der Waals surface area contributed by atoms with Gasteiger partial charge in [0.05, 0.1) is 17.0 Å². The van der Waals surface area contributed by atoms with E-state index in [1.54, 1.807) is 13.0 Å². The lowest BCUT2D eigenvalue weighted by Gasteiger charge is -2.40. The Hall–Kier alpha value is -2.39. The number of nitrogens with zero attached hydrogens (tertiary/aromatic N) is 3. The van der Waals surface area contributed by atoms with Crippen LogP contribution in [0.4, 0.5) is 5.69 Å². The van der Waals surface area contributed by atoms with Crippen molar-refractivity contribution >= 4 is 17.5 Å². The second-order valence-electron chi connectivity index (χ2n) is 8.04. The van der Waals surface area contributed by atoms with Gasteiger partial charge in [-0.15, -0.1) is 0 Å². The zero-order chi connectivity index (χ0) is 19.0. The molecule has 3 aliphatic rings. The summed E-state index contributed by atoms with van der Waals surface area (Å²) in [7, 11) is 0. The molecule has 1 saturated carbocycles. The number of hydrogen-bond donors (Lipinski definition) is 1. The molecule has 0 unspecified atom stereocenters. The minimum absolute atomic E-state index is 0.0876. The van der Waals surface area contributed by atoms with E-state index < -0.39 is 5.41 Å². The average molecular weight is 366 g/mol. The molecular weight excluding hydrogens is 340 g/mol. The molecule has 0 atom stereocenters. The van der Waals surface area contributed by atoms with Gasteiger partial charge in [0.1, 0.15) is 0 Å². The molecule has 6 nitrogen and oxygen atoms in total. The van der Waals surface area contributed by atoms with Crippen molar-refractivity contribution in [1.29, 1.82) is 5.26 Å². The van der Waals surface area contributed by atoms with Gasteiger partial charge in [0, 0.05) is 44.8 Å².